The zero-order chi connectivity index (χ0) is 31.7. The molecule has 0 aromatic heterocycles. The van der Waals surface area contributed by atoms with E-state index in [0.29, 0.717) is 23.6 Å². The number of rotatable bonds is 8. The smallest absolute Gasteiger partial charge is 0.123 e. The van der Waals surface area contributed by atoms with Crippen LogP contribution in [0.1, 0.15) is 161 Å². The van der Waals surface area contributed by atoms with Crippen LogP contribution in [0.4, 0.5) is 0 Å². The maximum absolute atomic E-state index is 11.2. The number of hydrogen-bond acceptors (Lipinski definition) is 3. The summed E-state index contributed by atoms with van der Waals surface area (Å²) in [6.07, 6.45) is 10.7. The number of phenols is 2. The minimum absolute atomic E-state index is 0.117. The molecule has 1 fully saturated rings. The molecule has 0 amide bonds. The molecular weight excluding hydrogens is 514 g/mol. The van der Waals surface area contributed by atoms with E-state index >= 15 is 0 Å². The third-order valence-electron chi connectivity index (χ3n) is 9.21. The summed E-state index contributed by atoms with van der Waals surface area (Å²) >= 11 is 0. The Morgan fingerprint density at radius 1 is 0.571 bits per heavy atom. The number of phenolic OH excluding ortho intramolecular Hbond substituents is 2. The van der Waals surface area contributed by atoms with Crippen LogP contribution in [0.15, 0.2) is 24.3 Å². The summed E-state index contributed by atoms with van der Waals surface area (Å²) in [4.78, 5) is 0. The van der Waals surface area contributed by atoms with Crippen LogP contribution in [0, 0.1) is 0 Å². The van der Waals surface area contributed by atoms with Gasteiger partial charge in [-0.05, 0) is 93.6 Å². The van der Waals surface area contributed by atoms with Crippen molar-refractivity contribution < 1.29 is 10.2 Å². The number of hydrogen-bond donors (Lipinski definition) is 3. The molecule has 2 aromatic carbocycles. The highest BCUT2D eigenvalue weighted by atomic mass is 16.3. The topological polar surface area (TPSA) is 52.5 Å². The standard InChI is InChI=1S/C39H63NO2/c1-36(2,3)30-22-26(23-31(34(30)41)37(4,5)6)18-20-29(40-28-16-14-13-15-17-28)21-19-27-24-32(38(7,8)9)35(42)33(25-27)39(10,11)12/h22-25,28-29,40-42H,13-21H2,1-12H3. The monoisotopic (exact) mass is 577 g/mol. The first-order valence-electron chi connectivity index (χ1n) is 16.7. The summed E-state index contributed by atoms with van der Waals surface area (Å²) in [6.45, 7) is 26.3. The molecule has 3 nitrogen and oxygen atoms in total. The van der Waals surface area contributed by atoms with Crippen LogP contribution in [0.3, 0.4) is 0 Å². The number of aryl methyl sites for hydroxylation is 2. The Labute approximate surface area is 258 Å². The van der Waals surface area contributed by atoms with Gasteiger partial charge >= 0.3 is 0 Å². The van der Waals surface area contributed by atoms with Crippen LogP contribution in [0.25, 0.3) is 0 Å². The second-order valence-corrected chi connectivity index (χ2v) is 17.4. The van der Waals surface area contributed by atoms with Crippen molar-refractivity contribution in [2.24, 2.45) is 0 Å². The van der Waals surface area contributed by atoms with E-state index in [1.165, 1.54) is 43.2 Å². The molecule has 42 heavy (non-hydrogen) atoms. The highest BCUT2D eigenvalue weighted by Crippen LogP contribution is 2.41. The van der Waals surface area contributed by atoms with E-state index in [2.05, 4.69) is 113 Å². The number of aromatic hydroxyl groups is 2. The molecule has 1 aliphatic rings. The predicted molar refractivity (Wildman–Crippen MR) is 181 cm³/mol. The van der Waals surface area contributed by atoms with Gasteiger partial charge in [-0.25, -0.2) is 0 Å². The Balaban J connectivity index is 1.90. The SMILES string of the molecule is CC(C)(C)c1cc(CCC(CCc2cc(C(C)(C)C)c(O)c(C(C)(C)C)c2)NC2CCCCC2)cc(C(C)(C)C)c1O. The van der Waals surface area contributed by atoms with Crippen molar-refractivity contribution in [3.05, 3.63) is 57.6 Å². The van der Waals surface area contributed by atoms with Crippen molar-refractivity contribution in [1.82, 2.24) is 5.32 Å². The Morgan fingerprint density at radius 2 is 0.881 bits per heavy atom. The molecule has 0 saturated heterocycles. The lowest BCUT2D eigenvalue weighted by Crippen LogP contribution is -2.40. The normalized spacial score (nSPS) is 15.9. The first-order valence-corrected chi connectivity index (χ1v) is 16.7. The summed E-state index contributed by atoms with van der Waals surface area (Å²) in [6, 6.07) is 10.1. The van der Waals surface area contributed by atoms with Crippen LogP contribution in [-0.2, 0) is 34.5 Å². The van der Waals surface area contributed by atoms with Gasteiger partial charge in [0.2, 0.25) is 0 Å². The van der Waals surface area contributed by atoms with Gasteiger partial charge in [0.05, 0.1) is 0 Å². The van der Waals surface area contributed by atoms with Crippen molar-refractivity contribution in [3.8, 4) is 11.5 Å². The molecule has 3 N–H and O–H groups in total. The molecule has 0 aliphatic heterocycles. The van der Waals surface area contributed by atoms with Gasteiger partial charge < -0.3 is 15.5 Å². The molecule has 3 rings (SSSR count). The summed E-state index contributed by atoms with van der Waals surface area (Å²) in [7, 11) is 0. The van der Waals surface area contributed by atoms with Crippen LogP contribution >= 0.6 is 0 Å². The molecule has 2 aromatic rings. The fraction of sp³-hybridized carbons (Fsp3) is 0.692. The lowest BCUT2D eigenvalue weighted by atomic mass is 9.77. The van der Waals surface area contributed by atoms with Crippen LogP contribution in [0.5, 0.6) is 11.5 Å². The van der Waals surface area contributed by atoms with Crippen molar-refractivity contribution in [1.29, 1.82) is 0 Å². The molecule has 236 valence electrons. The molecule has 0 unspecified atom stereocenters. The quantitative estimate of drug-likeness (QED) is 0.292. The zero-order valence-electron chi connectivity index (χ0n) is 29.2. The zero-order valence-corrected chi connectivity index (χ0v) is 29.2. The summed E-state index contributed by atoms with van der Waals surface area (Å²) in [5.41, 5.74) is 6.39. The third-order valence-corrected chi connectivity index (χ3v) is 9.21. The highest BCUT2D eigenvalue weighted by molar-refractivity contribution is 5.51. The van der Waals surface area contributed by atoms with Crippen molar-refractivity contribution in [2.45, 2.75) is 175 Å². The Hall–Kier alpha value is -2.00. The molecule has 0 spiro atoms. The van der Waals surface area contributed by atoms with Crippen LogP contribution in [-0.4, -0.2) is 22.3 Å². The van der Waals surface area contributed by atoms with E-state index < -0.39 is 0 Å². The second kappa shape index (κ2) is 12.9. The molecule has 0 atom stereocenters. The van der Waals surface area contributed by atoms with Gasteiger partial charge in [-0.15, -0.1) is 0 Å². The van der Waals surface area contributed by atoms with Crippen LogP contribution in [0.2, 0.25) is 0 Å². The Kier molecular flexibility index (Phi) is 10.6. The van der Waals surface area contributed by atoms with E-state index in [-0.39, 0.29) is 21.7 Å². The molecule has 1 aliphatic carbocycles. The maximum atomic E-state index is 11.2. The molecule has 0 radical (unpaired) electrons. The fourth-order valence-electron chi connectivity index (χ4n) is 6.56. The maximum Gasteiger partial charge on any atom is 0.123 e. The Morgan fingerprint density at radius 3 is 1.17 bits per heavy atom. The Bertz CT molecular complexity index is 1040. The third kappa shape index (κ3) is 9.01. The molecular formula is C39H63NO2. The van der Waals surface area contributed by atoms with Gasteiger partial charge in [0, 0.05) is 12.1 Å². The average Bonchev–Trinajstić information content (AvgIpc) is 2.84. The second-order valence-electron chi connectivity index (χ2n) is 17.4. The summed E-state index contributed by atoms with van der Waals surface area (Å²) in [5, 5.41) is 26.6. The van der Waals surface area contributed by atoms with Gasteiger partial charge in [0.25, 0.3) is 0 Å². The van der Waals surface area contributed by atoms with Crippen molar-refractivity contribution in [3.63, 3.8) is 0 Å². The summed E-state index contributed by atoms with van der Waals surface area (Å²) in [5.74, 6) is 0.930. The van der Waals surface area contributed by atoms with E-state index in [0.717, 1.165) is 47.9 Å². The number of benzene rings is 2. The fourth-order valence-corrected chi connectivity index (χ4v) is 6.56. The molecule has 3 heteroatoms. The van der Waals surface area contributed by atoms with E-state index in [1.54, 1.807) is 0 Å². The first kappa shape index (κ1) is 34.5. The largest absolute Gasteiger partial charge is 0.507 e. The molecule has 1 saturated carbocycles. The van der Waals surface area contributed by atoms with Gasteiger partial charge in [0.15, 0.2) is 0 Å². The van der Waals surface area contributed by atoms with Gasteiger partial charge in [-0.1, -0.05) is 127 Å². The van der Waals surface area contributed by atoms with E-state index in [9.17, 15) is 10.2 Å². The molecule has 0 bridgehead atoms. The minimum atomic E-state index is -0.117. The minimum Gasteiger partial charge on any atom is -0.507 e. The predicted octanol–water partition coefficient (Wildman–Crippen LogP) is 10.1. The van der Waals surface area contributed by atoms with E-state index in [4.69, 9.17) is 0 Å². The van der Waals surface area contributed by atoms with Gasteiger partial charge in [-0.3, -0.25) is 0 Å². The average molecular weight is 578 g/mol. The van der Waals surface area contributed by atoms with E-state index in [1.807, 2.05) is 0 Å². The van der Waals surface area contributed by atoms with Crippen molar-refractivity contribution >= 4 is 0 Å². The first-order chi connectivity index (χ1) is 19.2. The van der Waals surface area contributed by atoms with Gasteiger partial charge in [0.1, 0.15) is 11.5 Å². The lowest BCUT2D eigenvalue weighted by molar-refractivity contribution is 0.318. The number of nitrogens with one attached hydrogen (secondary N) is 1. The van der Waals surface area contributed by atoms with Crippen LogP contribution < -0.4 is 5.32 Å². The van der Waals surface area contributed by atoms with Crippen molar-refractivity contribution in [2.75, 3.05) is 0 Å². The van der Waals surface area contributed by atoms with Gasteiger partial charge in [-0.2, -0.15) is 0 Å². The molecule has 0 heterocycles. The highest BCUT2D eigenvalue weighted by Gasteiger charge is 2.29. The lowest BCUT2D eigenvalue weighted by Gasteiger charge is -2.31. The summed E-state index contributed by atoms with van der Waals surface area (Å²) < 4.78 is 0.